The topological polar surface area (TPSA) is 91.8 Å². The van der Waals surface area contributed by atoms with Crippen LogP contribution < -0.4 is 9.80 Å². The van der Waals surface area contributed by atoms with Crippen molar-refractivity contribution in [3.63, 3.8) is 0 Å². The summed E-state index contributed by atoms with van der Waals surface area (Å²) >= 11 is 0. The molecule has 2 aromatic carbocycles. The molecule has 0 radical (unpaired) electrons. The lowest BCUT2D eigenvalue weighted by Crippen LogP contribution is -2.32. The molecule has 36 heavy (non-hydrogen) atoms. The summed E-state index contributed by atoms with van der Waals surface area (Å²) in [6, 6.07) is 6.99. The fourth-order valence-corrected chi connectivity index (χ4v) is 4.84. The first kappa shape index (κ1) is 25.0. The van der Waals surface area contributed by atoms with E-state index in [4.69, 9.17) is 0 Å². The smallest absolute Gasteiger partial charge is 0.258 e. The molecule has 7 nitrogen and oxygen atoms in total. The van der Waals surface area contributed by atoms with Crippen LogP contribution in [0, 0.1) is 0 Å². The zero-order valence-electron chi connectivity index (χ0n) is 20.9. The number of carbonyl (C=O) groups is 5. The van der Waals surface area contributed by atoms with E-state index in [1.807, 2.05) is 27.7 Å². The second kappa shape index (κ2) is 9.85. The number of anilines is 2. The number of aryl methyl sites for hydroxylation is 4. The van der Waals surface area contributed by atoms with Crippen LogP contribution >= 0.6 is 0 Å². The van der Waals surface area contributed by atoms with Crippen molar-refractivity contribution < 1.29 is 24.0 Å². The first-order chi connectivity index (χ1) is 17.2. The van der Waals surface area contributed by atoms with Crippen molar-refractivity contribution in [1.82, 2.24) is 0 Å². The van der Waals surface area contributed by atoms with Gasteiger partial charge in [-0.1, -0.05) is 27.7 Å². The second-order valence-corrected chi connectivity index (χ2v) is 8.72. The van der Waals surface area contributed by atoms with Gasteiger partial charge in [0.05, 0.1) is 11.4 Å². The number of amides is 4. The molecule has 4 amide bonds. The first-order valence-electron chi connectivity index (χ1n) is 12.2. The summed E-state index contributed by atoms with van der Waals surface area (Å²) in [5, 5.41) is 0. The molecule has 0 aromatic heterocycles. The molecule has 0 unspecified atom stereocenters. The summed E-state index contributed by atoms with van der Waals surface area (Å²) < 4.78 is 0. The molecule has 2 aliphatic heterocycles. The van der Waals surface area contributed by atoms with Gasteiger partial charge in [0.1, 0.15) is 0 Å². The number of ketones is 1. The first-order valence-corrected chi connectivity index (χ1v) is 12.2. The Hall–Kier alpha value is -4.13. The lowest BCUT2D eigenvalue weighted by molar-refractivity contribution is -0.121. The maximum absolute atomic E-state index is 13.7. The molecule has 7 heteroatoms. The summed E-state index contributed by atoms with van der Waals surface area (Å²) in [7, 11) is 0. The summed E-state index contributed by atoms with van der Waals surface area (Å²) in [5.74, 6) is -1.75. The van der Waals surface area contributed by atoms with Gasteiger partial charge < -0.3 is 0 Å². The van der Waals surface area contributed by atoms with Crippen molar-refractivity contribution in [2.24, 2.45) is 0 Å². The molecule has 184 valence electrons. The van der Waals surface area contributed by atoms with Gasteiger partial charge in [-0.05, 0) is 72.2 Å². The van der Waals surface area contributed by atoms with Gasteiger partial charge >= 0.3 is 0 Å². The van der Waals surface area contributed by atoms with Crippen molar-refractivity contribution in [3.05, 3.63) is 82.0 Å². The van der Waals surface area contributed by atoms with Gasteiger partial charge in [-0.3, -0.25) is 24.0 Å². The zero-order chi connectivity index (χ0) is 26.1. The van der Waals surface area contributed by atoms with Crippen LogP contribution in [0.3, 0.4) is 0 Å². The Morgan fingerprint density at radius 1 is 0.528 bits per heavy atom. The van der Waals surface area contributed by atoms with E-state index in [-0.39, 0.29) is 29.4 Å². The number of imide groups is 2. The third-order valence-corrected chi connectivity index (χ3v) is 6.65. The summed E-state index contributed by atoms with van der Waals surface area (Å²) in [4.78, 5) is 65.6. The van der Waals surface area contributed by atoms with Gasteiger partial charge in [-0.2, -0.15) is 0 Å². The Kier molecular flexibility index (Phi) is 6.84. The van der Waals surface area contributed by atoms with E-state index < -0.39 is 0 Å². The lowest BCUT2D eigenvalue weighted by Gasteiger charge is -2.23. The van der Waals surface area contributed by atoms with Crippen molar-refractivity contribution >= 4 is 40.8 Å². The molecule has 2 aromatic rings. The SMILES string of the molecule is CCc1cc(C(=O)c2cc(CC)c(N3C(=O)C=CC3=O)c(CC)c2)cc(CC)c1N1C(=O)C=CC1=O. The molecule has 0 atom stereocenters. The van der Waals surface area contributed by atoms with Crippen LogP contribution in [0.5, 0.6) is 0 Å². The fourth-order valence-electron chi connectivity index (χ4n) is 4.84. The Morgan fingerprint density at radius 2 is 0.778 bits per heavy atom. The van der Waals surface area contributed by atoms with Gasteiger partial charge in [-0.25, -0.2) is 9.80 Å². The minimum absolute atomic E-state index is 0.198. The van der Waals surface area contributed by atoms with E-state index in [9.17, 15) is 24.0 Å². The zero-order valence-corrected chi connectivity index (χ0v) is 20.9. The van der Waals surface area contributed by atoms with Gasteiger partial charge in [-0.15, -0.1) is 0 Å². The van der Waals surface area contributed by atoms with Crippen molar-refractivity contribution in [1.29, 1.82) is 0 Å². The van der Waals surface area contributed by atoms with Crippen LogP contribution in [0.25, 0.3) is 0 Å². The summed E-state index contributed by atoms with van der Waals surface area (Å²) in [6.45, 7) is 7.68. The normalized spacial score (nSPS) is 15.1. The maximum Gasteiger partial charge on any atom is 0.258 e. The van der Waals surface area contributed by atoms with Crippen LogP contribution in [-0.2, 0) is 44.9 Å². The molecular weight excluding hydrogens is 456 g/mol. The summed E-state index contributed by atoms with van der Waals surface area (Å²) in [5.41, 5.74) is 4.99. The molecule has 2 heterocycles. The van der Waals surface area contributed by atoms with Gasteiger partial charge in [0, 0.05) is 35.4 Å². The van der Waals surface area contributed by atoms with E-state index >= 15 is 0 Å². The van der Waals surface area contributed by atoms with Crippen LogP contribution in [0.1, 0.15) is 65.9 Å². The van der Waals surface area contributed by atoms with E-state index in [2.05, 4.69) is 0 Å². The highest BCUT2D eigenvalue weighted by molar-refractivity contribution is 6.29. The number of hydrogen-bond acceptors (Lipinski definition) is 5. The predicted octanol–water partition coefficient (Wildman–Crippen LogP) is 4.03. The molecular formula is C29H28N2O5. The molecule has 0 bridgehead atoms. The van der Waals surface area contributed by atoms with Crippen LogP contribution in [0.2, 0.25) is 0 Å². The minimum Gasteiger partial charge on any atom is -0.289 e. The van der Waals surface area contributed by atoms with Crippen LogP contribution in [0.4, 0.5) is 11.4 Å². The van der Waals surface area contributed by atoms with Crippen molar-refractivity contribution in [3.8, 4) is 0 Å². The quantitative estimate of drug-likeness (QED) is 0.417. The molecule has 0 spiro atoms. The number of carbonyl (C=O) groups excluding carboxylic acids is 5. The third-order valence-electron chi connectivity index (χ3n) is 6.65. The molecule has 0 saturated carbocycles. The maximum atomic E-state index is 13.7. The van der Waals surface area contributed by atoms with Crippen molar-refractivity contribution in [2.75, 3.05) is 9.80 Å². The Bertz CT molecular complexity index is 1190. The molecule has 0 N–H and O–H groups in total. The average Bonchev–Trinajstić information content (AvgIpc) is 3.40. The third kappa shape index (κ3) is 4.11. The number of benzene rings is 2. The van der Waals surface area contributed by atoms with E-state index in [1.165, 1.54) is 34.1 Å². The van der Waals surface area contributed by atoms with Gasteiger partial charge in [0.15, 0.2) is 5.78 Å². The average molecular weight is 485 g/mol. The number of hydrogen-bond donors (Lipinski definition) is 0. The number of nitrogens with zero attached hydrogens (tertiary/aromatic N) is 2. The minimum atomic E-state index is -0.389. The lowest BCUT2D eigenvalue weighted by atomic mass is 9.91. The Balaban J connectivity index is 1.82. The van der Waals surface area contributed by atoms with Crippen LogP contribution in [-0.4, -0.2) is 29.4 Å². The van der Waals surface area contributed by atoms with Gasteiger partial charge in [0.25, 0.3) is 23.6 Å². The second-order valence-electron chi connectivity index (χ2n) is 8.72. The fraction of sp³-hybridized carbons (Fsp3) is 0.276. The molecule has 0 saturated heterocycles. The van der Waals surface area contributed by atoms with Gasteiger partial charge in [0.2, 0.25) is 0 Å². The largest absolute Gasteiger partial charge is 0.289 e. The molecule has 2 aliphatic rings. The monoisotopic (exact) mass is 484 g/mol. The Morgan fingerprint density at radius 3 is 1.00 bits per heavy atom. The van der Waals surface area contributed by atoms with Crippen molar-refractivity contribution in [2.45, 2.75) is 53.4 Å². The van der Waals surface area contributed by atoms with E-state index in [0.29, 0.717) is 48.2 Å². The Labute approximate surface area is 210 Å². The number of rotatable bonds is 8. The van der Waals surface area contributed by atoms with Crippen LogP contribution in [0.15, 0.2) is 48.6 Å². The highest BCUT2D eigenvalue weighted by atomic mass is 16.2. The molecule has 4 rings (SSSR count). The summed E-state index contributed by atoms with van der Waals surface area (Å²) in [6.07, 6.45) is 7.16. The molecule has 0 aliphatic carbocycles. The van der Waals surface area contributed by atoms with E-state index in [1.54, 1.807) is 24.3 Å². The molecule has 0 fully saturated rings. The standard InChI is InChI=1S/C29H28N2O5/c1-5-17-13-21(14-18(6-2)27(17)30-23(32)9-10-24(30)33)29(36)22-15-19(7-3)28(20(8-4)16-22)31-25(34)11-12-26(31)35/h9-16H,5-8H2,1-4H3. The highest BCUT2D eigenvalue weighted by Crippen LogP contribution is 2.34. The predicted molar refractivity (Wildman–Crippen MR) is 137 cm³/mol. The van der Waals surface area contributed by atoms with E-state index in [0.717, 1.165) is 22.3 Å². The highest BCUT2D eigenvalue weighted by Gasteiger charge is 2.31.